The monoisotopic (exact) mass is 497 g/mol. The van der Waals surface area contributed by atoms with Crippen molar-refractivity contribution < 1.29 is 32.0 Å². The summed E-state index contributed by atoms with van der Waals surface area (Å²) in [5, 5.41) is 6.65. The first-order valence-electron chi connectivity index (χ1n) is 9.06. The number of nitrogens with zero attached hydrogens (tertiary/aromatic N) is 2. The van der Waals surface area contributed by atoms with E-state index in [9.17, 15) is 18.0 Å². The molecule has 168 valence electrons. The van der Waals surface area contributed by atoms with Crippen LogP contribution in [0, 0.1) is 13.8 Å². The van der Waals surface area contributed by atoms with Gasteiger partial charge in [0.2, 0.25) is 6.79 Å². The van der Waals surface area contributed by atoms with Gasteiger partial charge in [-0.2, -0.15) is 11.3 Å². The average molecular weight is 498 g/mol. The minimum Gasteiger partial charge on any atom is -0.454 e. The number of Topliss-reactive ketones (excluding diaryl/α,β-unsaturated/α-hetero) is 1. The number of thiophene rings is 1. The average Bonchev–Trinajstić information content (AvgIpc) is 3.47. The summed E-state index contributed by atoms with van der Waals surface area (Å²) in [6.07, 6.45) is 0. The van der Waals surface area contributed by atoms with E-state index in [-0.39, 0.29) is 39.5 Å². The Hall–Kier alpha value is -3.09. The first-order valence-corrected chi connectivity index (χ1v) is 11.9. The highest BCUT2D eigenvalue weighted by Gasteiger charge is 2.35. The highest BCUT2D eigenvalue weighted by Crippen LogP contribution is 2.46. The van der Waals surface area contributed by atoms with Gasteiger partial charge in [0.1, 0.15) is 10.7 Å². The molecule has 1 aliphatic rings. The molecule has 0 bridgehead atoms. The maximum absolute atomic E-state index is 13.4. The molecule has 1 aromatic carbocycles. The van der Waals surface area contributed by atoms with Crippen molar-refractivity contribution in [2.24, 2.45) is 0 Å². The van der Waals surface area contributed by atoms with E-state index in [0.29, 0.717) is 17.1 Å². The molecule has 13 heteroatoms. The third-order valence-electron chi connectivity index (χ3n) is 4.68. The van der Waals surface area contributed by atoms with E-state index < -0.39 is 21.8 Å². The highest BCUT2D eigenvalue weighted by molar-refractivity contribution is 7.90. The van der Waals surface area contributed by atoms with Crippen LogP contribution in [0.1, 0.15) is 28.5 Å². The van der Waals surface area contributed by atoms with Crippen molar-refractivity contribution in [1.29, 1.82) is 0 Å². The fraction of sp³-hybridized carbons (Fsp3) is 0.211. The lowest BCUT2D eigenvalue weighted by Gasteiger charge is -2.24. The Morgan fingerprint density at radius 3 is 2.62 bits per heavy atom. The molecule has 0 saturated heterocycles. The van der Waals surface area contributed by atoms with Crippen molar-refractivity contribution in [3.05, 3.63) is 44.7 Å². The van der Waals surface area contributed by atoms with Gasteiger partial charge in [-0.3, -0.25) is 4.79 Å². The van der Waals surface area contributed by atoms with Crippen molar-refractivity contribution in [1.82, 2.24) is 9.88 Å². The molecule has 32 heavy (non-hydrogen) atoms. The van der Waals surface area contributed by atoms with Crippen LogP contribution in [0.15, 0.2) is 32.3 Å². The number of nitrogens with one attached hydrogen (secondary N) is 1. The normalized spacial score (nSPS) is 12.6. The van der Waals surface area contributed by atoms with Crippen molar-refractivity contribution in [2.75, 3.05) is 11.7 Å². The minimum atomic E-state index is -4.22. The minimum absolute atomic E-state index is 0.0258. The molecule has 3 aromatic rings. The van der Waals surface area contributed by atoms with E-state index in [0.717, 1.165) is 16.2 Å². The van der Waals surface area contributed by atoms with Crippen LogP contribution >= 0.6 is 22.9 Å². The zero-order valence-electron chi connectivity index (χ0n) is 17.0. The van der Waals surface area contributed by atoms with Gasteiger partial charge >= 0.3 is 6.03 Å². The maximum atomic E-state index is 13.4. The second-order valence-electron chi connectivity index (χ2n) is 6.78. The SMILES string of the molecule is CC(=O)c1cc2c(c(C)c1N(C(=O)NS(=O)(=O)c1ccsc1)c1onc(C)c1Cl)OCO2. The number of ketones is 1. The first kappa shape index (κ1) is 22.1. The van der Waals surface area contributed by atoms with E-state index in [1.807, 2.05) is 4.72 Å². The quantitative estimate of drug-likeness (QED) is 0.520. The largest absolute Gasteiger partial charge is 0.454 e. The molecule has 2 aromatic heterocycles. The number of aryl methyl sites for hydroxylation is 1. The van der Waals surface area contributed by atoms with Crippen LogP contribution < -0.4 is 19.1 Å². The Kier molecular flexibility index (Phi) is 5.61. The summed E-state index contributed by atoms with van der Waals surface area (Å²) in [7, 11) is -4.22. The lowest BCUT2D eigenvalue weighted by molar-refractivity contribution is 0.101. The Bertz CT molecular complexity index is 1330. The molecule has 10 nitrogen and oxygen atoms in total. The molecule has 0 fully saturated rings. The van der Waals surface area contributed by atoms with E-state index in [2.05, 4.69) is 5.16 Å². The molecule has 3 heterocycles. The van der Waals surface area contributed by atoms with E-state index in [4.69, 9.17) is 25.6 Å². The number of halogens is 1. The third-order valence-corrected chi connectivity index (χ3v) is 7.26. The van der Waals surface area contributed by atoms with Gasteiger partial charge < -0.3 is 14.0 Å². The molecule has 0 atom stereocenters. The summed E-state index contributed by atoms with van der Waals surface area (Å²) >= 11 is 7.46. The number of hydrogen-bond acceptors (Lipinski definition) is 9. The number of fused-ring (bicyclic) bond motifs is 1. The summed E-state index contributed by atoms with van der Waals surface area (Å²) in [6, 6.07) is 1.64. The molecule has 2 amide bonds. The van der Waals surface area contributed by atoms with Crippen LogP contribution in [0.5, 0.6) is 11.5 Å². The van der Waals surface area contributed by atoms with Gasteiger partial charge in [0.15, 0.2) is 17.3 Å². The molecule has 0 saturated carbocycles. The van der Waals surface area contributed by atoms with Crippen LogP contribution in [0.4, 0.5) is 16.4 Å². The number of sulfonamides is 1. The summed E-state index contributed by atoms with van der Waals surface area (Å²) in [4.78, 5) is 26.6. The smallest absolute Gasteiger partial charge is 0.342 e. The highest BCUT2D eigenvalue weighted by atomic mass is 35.5. The number of amides is 2. The van der Waals surface area contributed by atoms with Gasteiger partial charge in [0.25, 0.3) is 15.9 Å². The van der Waals surface area contributed by atoms with Crippen LogP contribution in [-0.2, 0) is 10.0 Å². The van der Waals surface area contributed by atoms with Gasteiger partial charge in [0, 0.05) is 16.5 Å². The number of urea groups is 1. The summed E-state index contributed by atoms with van der Waals surface area (Å²) in [5.74, 6) is -0.0442. The molecular weight excluding hydrogens is 482 g/mol. The van der Waals surface area contributed by atoms with Crippen molar-refractivity contribution >= 4 is 56.3 Å². The van der Waals surface area contributed by atoms with Crippen molar-refractivity contribution in [2.45, 2.75) is 25.7 Å². The first-order chi connectivity index (χ1) is 15.1. The number of carbonyl (C=O) groups is 2. The Morgan fingerprint density at radius 1 is 1.28 bits per heavy atom. The molecule has 1 N–H and O–H groups in total. The molecular formula is C19H16ClN3O7S2. The number of aromatic nitrogens is 1. The summed E-state index contributed by atoms with van der Waals surface area (Å²) in [5.41, 5.74) is 0.708. The molecule has 0 radical (unpaired) electrons. The number of carbonyl (C=O) groups excluding carboxylic acids is 2. The van der Waals surface area contributed by atoms with Crippen LogP contribution in [0.3, 0.4) is 0 Å². The topological polar surface area (TPSA) is 128 Å². The predicted molar refractivity (Wildman–Crippen MR) is 116 cm³/mol. The third kappa shape index (κ3) is 3.70. The molecule has 0 spiro atoms. The fourth-order valence-corrected chi connectivity index (χ4v) is 5.28. The Balaban J connectivity index is 1.92. The zero-order valence-corrected chi connectivity index (χ0v) is 19.4. The Labute approximate surface area is 191 Å². The standard InChI is InChI=1S/C19H16ClN3O7S2/c1-9-16(13(11(3)24)6-14-17(9)29-8-28-14)23(18-15(20)10(2)21-30-18)19(25)22-32(26,27)12-4-5-31-7-12/h4-7H,8H2,1-3H3,(H,22,25). The fourth-order valence-electron chi connectivity index (χ4n) is 3.16. The van der Waals surface area contributed by atoms with Crippen molar-refractivity contribution in [3.8, 4) is 11.5 Å². The van der Waals surface area contributed by atoms with Gasteiger partial charge in [-0.15, -0.1) is 0 Å². The number of rotatable bonds is 5. The summed E-state index contributed by atoms with van der Waals surface area (Å²) in [6.45, 7) is 4.37. The Morgan fingerprint density at radius 2 is 2.03 bits per heavy atom. The molecule has 0 aliphatic carbocycles. The second kappa shape index (κ2) is 8.11. The van der Waals surface area contributed by atoms with E-state index in [1.165, 1.54) is 24.4 Å². The molecule has 0 unspecified atom stereocenters. The van der Waals surface area contributed by atoms with Crippen LogP contribution in [0.25, 0.3) is 0 Å². The number of anilines is 2. The van der Waals surface area contributed by atoms with E-state index >= 15 is 0 Å². The van der Waals surface area contributed by atoms with Crippen LogP contribution in [0.2, 0.25) is 5.02 Å². The zero-order chi connectivity index (χ0) is 23.2. The van der Waals surface area contributed by atoms with Crippen LogP contribution in [-0.4, -0.2) is 32.2 Å². The van der Waals surface area contributed by atoms with Gasteiger partial charge in [-0.05, 0) is 38.3 Å². The van der Waals surface area contributed by atoms with Gasteiger partial charge in [-0.25, -0.2) is 22.8 Å². The molecule has 4 rings (SSSR count). The number of ether oxygens (including phenoxy) is 2. The summed E-state index contributed by atoms with van der Waals surface area (Å²) < 4.78 is 43.5. The lowest BCUT2D eigenvalue weighted by atomic mass is 10.0. The van der Waals surface area contributed by atoms with Crippen molar-refractivity contribution in [3.63, 3.8) is 0 Å². The molecule has 1 aliphatic heterocycles. The maximum Gasteiger partial charge on any atom is 0.342 e. The lowest BCUT2D eigenvalue weighted by Crippen LogP contribution is -2.41. The van der Waals surface area contributed by atoms with Gasteiger partial charge in [-0.1, -0.05) is 16.8 Å². The number of benzene rings is 1. The second-order valence-corrected chi connectivity index (χ2v) is 9.62. The predicted octanol–water partition coefficient (Wildman–Crippen LogP) is 4.17. The van der Waals surface area contributed by atoms with Gasteiger partial charge in [0.05, 0.1) is 10.6 Å². The number of hydrogen-bond donors (Lipinski definition) is 1. The van der Waals surface area contributed by atoms with E-state index in [1.54, 1.807) is 19.2 Å².